The minimum atomic E-state index is -0.0108. The van der Waals surface area contributed by atoms with Gasteiger partial charge in [0, 0.05) is 43.5 Å². The SMILES string of the molecule is CCNC(=NCC1(CCO)CCOC1)NCCc1csc(C)n1. The Balaban J connectivity index is 1.86. The summed E-state index contributed by atoms with van der Waals surface area (Å²) in [5.74, 6) is 0.823. The van der Waals surface area contributed by atoms with Crippen LogP contribution < -0.4 is 10.6 Å². The molecule has 0 aliphatic carbocycles. The maximum atomic E-state index is 9.29. The van der Waals surface area contributed by atoms with Gasteiger partial charge in [0.15, 0.2) is 5.96 Å². The van der Waals surface area contributed by atoms with E-state index in [1.165, 1.54) is 0 Å². The summed E-state index contributed by atoms with van der Waals surface area (Å²) in [6.45, 7) is 8.03. The summed E-state index contributed by atoms with van der Waals surface area (Å²) in [6, 6.07) is 0. The number of aliphatic hydroxyl groups excluding tert-OH is 1. The molecule has 1 aromatic rings. The fourth-order valence-electron chi connectivity index (χ4n) is 2.71. The zero-order valence-electron chi connectivity index (χ0n) is 14.1. The second-order valence-electron chi connectivity index (χ2n) is 6.01. The van der Waals surface area contributed by atoms with Gasteiger partial charge in [0.2, 0.25) is 0 Å². The van der Waals surface area contributed by atoms with Crippen LogP contribution in [0.1, 0.15) is 30.5 Å². The number of rotatable bonds is 8. The number of hydrogen-bond donors (Lipinski definition) is 3. The van der Waals surface area contributed by atoms with Gasteiger partial charge in [0.1, 0.15) is 0 Å². The minimum absolute atomic E-state index is 0.0108. The second-order valence-corrected chi connectivity index (χ2v) is 7.07. The molecule has 0 radical (unpaired) electrons. The normalized spacial score (nSPS) is 21.6. The van der Waals surface area contributed by atoms with E-state index in [0.717, 1.165) is 55.6 Å². The van der Waals surface area contributed by atoms with Gasteiger partial charge in [0.25, 0.3) is 0 Å². The van der Waals surface area contributed by atoms with Gasteiger partial charge < -0.3 is 20.5 Å². The Morgan fingerprint density at radius 2 is 2.39 bits per heavy atom. The first-order valence-electron chi connectivity index (χ1n) is 8.29. The molecular weight excluding hydrogens is 312 g/mol. The lowest BCUT2D eigenvalue weighted by Gasteiger charge is -2.24. The first kappa shape index (κ1) is 18.2. The predicted molar refractivity (Wildman–Crippen MR) is 94.1 cm³/mol. The van der Waals surface area contributed by atoms with Gasteiger partial charge in [-0.05, 0) is 26.7 Å². The molecule has 0 amide bonds. The molecule has 1 unspecified atom stereocenters. The topological polar surface area (TPSA) is 78.8 Å². The molecule has 1 aromatic heterocycles. The van der Waals surface area contributed by atoms with Gasteiger partial charge in [-0.2, -0.15) is 0 Å². The molecule has 0 aromatic carbocycles. The van der Waals surface area contributed by atoms with Crippen LogP contribution in [0.2, 0.25) is 0 Å². The van der Waals surface area contributed by atoms with Crippen LogP contribution >= 0.6 is 11.3 Å². The molecule has 6 nitrogen and oxygen atoms in total. The smallest absolute Gasteiger partial charge is 0.191 e. The molecule has 2 rings (SSSR count). The van der Waals surface area contributed by atoms with Crippen molar-refractivity contribution in [2.75, 3.05) is 39.5 Å². The average molecular weight is 340 g/mol. The zero-order valence-corrected chi connectivity index (χ0v) is 14.9. The monoisotopic (exact) mass is 340 g/mol. The van der Waals surface area contributed by atoms with Crippen molar-refractivity contribution in [1.29, 1.82) is 0 Å². The van der Waals surface area contributed by atoms with Crippen molar-refractivity contribution in [3.8, 4) is 0 Å². The number of nitrogens with one attached hydrogen (secondary N) is 2. The van der Waals surface area contributed by atoms with E-state index >= 15 is 0 Å². The number of aliphatic imine (C=N–C) groups is 1. The van der Waals surface area contributed by atoms with Crippen LogP contribution in [-0.4, -0.2) is 55.5 Å². The van der Waals surface area contributed by atoms with Crippen LogP contribution in [0, 0.1) is 12.3 Å². The third-order valence-electron chi connectivity index (χ3n) is 4.08. The van der Waals surface area contributed by atoms with Crippen molar-refractivity contribution in [1.82, 2.24) is 15.6 Å². The number of aryl methyl sites for hydroxylation is 1. The Bertz CT molecular complexity index is 498. The van der Waals surface area contributed by atoms with E-state index in [1.807, 2.05) is 6.92 Å². The quantitative estimate of drug-likeness (QED) is 0.492. The molecule has 0 bridgehead atoms. The third-order valence-corrected chi connectivity index (χ3v) is 4.91. The Kier molecular flexibility index (Phi) is 7.26. The number of aromatic nitrogens is 1. The highest BCUT2D eigenvalue weighted by molar-refractivity contribution is 7.09. The van der Waals surface area contributed by atoms with E-state index in [9.17, 15) is 5.11 Å². The number of thiazole rings is 1. The molecule has 3 N–H and O–H groups in total. The molecule has 1 fully saturated rings. The molecule has 1 saturated heterocycles. The van der Waals surface area contributed by atoms with Crippen LogP contribution in [0.25, 0.3) is 0 Å². The van der Waals surface area contributed by atoms with E-state index in [4.69, 9.17) is 9.73 Å². The van der Waals surface area contributed by atoms with Crippen molar-refractivity contribution in [2.45, 2.75) is 33.1 Å². The van der Waals surface area contributed by atoms with Crippen LogP contribution in [0.5, 0.6) is 0 Å². The molecular formula is C16H28N4O2S. The maximum Gasteiger partial charge on any atom is 0.191 e. The van der Waals surface area contributed by atoms with Crippen LogP contribution in [0.15, 0.2) is 10.4 Å². The van der Waals surface area contributed by atoms with Gasteiger partial charge in [-0.25, -0.2) is 4.98 Å². The number of hydrogen-bond acceptors (Lipinski definition) is 5. The molecule has 130 valence electrons. The molecule has 1 aliphatic heterocycles. The van der Waals surface area contributed by atoms with Gasteiger partial charge in [0.05, 0.1) is 23.9 Å². The summed E-state index contributed by atoms with van der Waals surface area (Å²) in [6.07, 6.45) is 2.60. The zero-order chi connectivity index (χ0) is 16.5. The summed E-state index contributed by atoms with van der Waals surface area (Å²) >= 11 is 1.68. The van der Waals surface area contributed by atoms with Crippen molar-refractivity contribution in [3.63, 3.8) is 0 Å². The summed E-state index contributed by atoms with van der Waals surface area (Å²) in [7, 11) is 0. The summed E-state index contributed by atoms with van der Waals surface area (Å²) in [5.41, 5.74) is 1.11. The number of aliphatic hydroxyl groups is 1. The van der Waals surface area contributed by atoms with E-state index in [1.54, 1.807) is 11.3 Å². The number of ether oxygens (including phenoxy) is 1. The molecule has 0 spiro atoms. The molecule has 7 heteroatoms. The van der Waals surface area contributed by atoms with Crippen LogP contribution in [0.3, 0.4) is 0 Å². The second kappa shape index (κ2) is 9.20. The van der Waals surface area contributed by atoms with Gasteiger partial charge in [-0.3, -0.25) is 4.99 Å². The molecule has 23 heavy (non-hydrogen) atoms. The Labute approximate surface area is 142 Å². The average Bonchev–Trinajstić information content (AvgIpc) is 3.15. The van der Waals surface area contributed by atoms with Crippen LogP contribution in [-0.2, 0) is 11.2 Å². The third kappa shape index (κ3) is 5.75. The first-order valence-corrected chi connectivity index (χ1v) is 9.17. The van der Waals surface area contributed by atoms with Gasteiger partial charge in [-0.1, -0.05) is 0 Å². The highest BCUT2D eigenvalue weighted by Crippen LogP contribution is 2.32. The lowest BCUT2D eigenvalue weighted by Crippen LogP contribution is -2.39. The standard InChI is InChI=1S/C16H28N4O2S/c1-3-17-15(18-7-4-14-10-23-13(2)20-14)19-11-16(5-8-21)6-9-22-12-16/h10,21H,3-9,11-12H2,1-2H3,(H2,17,18,19). The summed E-state index contributed by atoms with van der Waals surface area (Å²) in [5, 5.41) is 19.1. The highest BCUT2D eigenvalue weighted by Gasteiger charge is 2.34. The highest BCUT2D eigenvalue weighted by atomic mass is 32.1. The van der Waals surface area contributed by atoms with Crippen molar-refractivity contribution in [2.24, 2.45) is 10.4 Å². The first-order chi connectivity index (χ1) is 11.2. The summed E-state index contributed by atoms with van der Waals surface area (Å²) in [4.78, 5) is 9.18. The summed E-state index contributed by atoms with van der Waals surface area (Å²) < 4.78 is 5.52. The molecule has 0 saturated carbocycles. The fourth-order valence-corrected chi connectivity index (χ4v) is 3.36. The van der Waals surface area contributed by atoms with Gasteiger partial charge in [-0.15, -0.1) is 11.3 Å². The molecule has 1 atom stereocenters. The Morgan fingerprint density at radius 3 is 3.00 bits per heavy atom. The molecule has 1 aliphatic rings. The Morgan fingerprint density at radius 1 is 1.52 bits per heavy atom. The van der Waals surface area contributed by atoms with E-state index in [-0.39, 0.29) is 12.0 Å². The van der Waals surface area contributed by atoms with E-state index in [0.29, 0.717) is 13.2 Å². The predicted octanol–water partition coefficient (Wildman–Crippen LogP) is 1.34. The van der Waals surface area contributed by atoms with Crippen molar-refractivity contribution >= 4 is 17.3 Å². The van der Waals surface area contributed by atoms with Crippen molar-refractivity contribution in [3.05, 3.63) is 16.1 Å². The number of guanidine groups is 1. The minimum Gasteiger partial charge on any atom is -0.396 e. The van der Waals surface area contributed by atoms with E-state index in [2.05, 4.69) is 27.9 Å². The van der Waals surface area contributed by atoms with Gasteiger partial charge >= 0.3 is 0 Å². The van der Waals surface area contributed by atoms with E-state index < -0.39 is 0 Å². The number of nitrogens with zero attached hydrogens (tertiary/aromatic N) is 2. The lowest BCUT2D eigenvalue weighted by atomic mass is 9.84. The van der Waals surface area contributed by atoms with Crippen LogP contribution in [0.4, 0.5) is 0 Å². The fraction of sp³-hybridized carbons (Fsp3) is 0.750. The maximum absolute atomic E-state index is 9.29. The Hall–Kier alpha value is -1.18. The molecule has 2 heterocycles. The largest absolute Gasteiger partial charge is 0.396 e. The van der Waals surface area contributed by atoms with Crippen molar-refractivity contribution < 1.29 is 9.84 Å². The lowest BCUT2D eigenvalue weighted by molar-refractivity contribution is 0.131.